The fourth-order valence-electron chi connectivity index (χ4n) is 2.04. The number of hydrogen-bond donors (Lipinski definition) is 1. The normalized spacial score (nSPS) is 10.7. The monoisotopic (exact) mass is 266 g/mol. The number of aliphatic hydroxyl groups excluding tert-OH is 1. The maximum atomic E-state index is 8.89. The number of benzene rings is 2. The second-order valence-corrected chi connectivity index (χ2v) is 4.46. The van der Waals surface area contributed by atoms with Crippen LogP contribution in [0.4, 0.5) is 0 Å². The van der Waals surface area contributed by atoms with E-state index in [-0.39, 0.29) is 6.61 Å². The zero-order valence-electron chi connectivity index (χ0n) is 10.9. The van der Waals surface area contributed by atoms with Gasteiger partial charge in [0.15, 0.2) is 0 Å². The minimum Gasteiger partial charge on any atom is -0.437 e. The van der Waals surface area contributed by atoms with Crippen molar-refractivity contribution in [1.82, 2.24) is 10.2 Å². The lowest BCUT2D eigenvalue weighted by molar-refractivity contribution is 0.299. The van der Waals surface area contributed by atoms with Gasteiger partial charge in [-0.15, -0.1) is 5.10 Å². The second-order valence-electron chi connectivity index (χ2n) is 4.46. The van der Waals surface area contributed by atoms with Crippen molar-refractivity contribution in [2.45, 2.75) is 6.42 Å². The van der Waals surface area contributed by atoms with E-state index >= 15 is 0 Å². The third-order valence-electron chi connectivity index (χ3n) is 3.07. The fourth-order valence-corrected chi connectivity index (χ4v) is 2.04. The zero-order chi connectivity index (χ0) is 13.8. The summed E-state index contributed by atoms with van der Waals surface area (Å²) in [7, 11) is 0. The van der Waals surface area contributed by atoms with Gasteiger partial charge < -0.3 is 9.84 Å². The molecule has 0 spiro atoms. The number of hydrogen-bond acceptors (Lipinski definition) is 4. The van der Waals surface area contributed by atoms with E-state index in [0.29, 0.717) is 18.1 Å². The van der Waals surface area contributed by atoms with Crippen molar-refractivity contribution in [3.8, 4) is 11.6 Å². The smallest absolute Gasteiger partial charge is 0.246 e. The number of rotatable bonds is 4. The van der Waals surface area contributed by atoms with Crippen LogP contribution < -0.4 is 4.74 Å². The molecule has 2 aromatic carbocycles. The summed E-state index contributed by atoms with van der Waals surface area (Å²) in [6.45, 7) is 0.148. The van der Waals surface area contributed by atoms with Gasteiger partial charge in [-0.25, -0.2) is 0 Å². The average molecular weight is 266 g/mol. The molecule has 0 saturated heterocycles. The maximum Gasteiger partial charge on any atom is 0.246 e. The highest BCUT2D eigenvalue weighted by atomic mass is 16.5. The van der Waals surface area contributed by atoms with Gasteiger partial charge in [0.05, 0.1) is 6.20 Å². The molecule has 1 aromatic heterocycles. The van der Waals surface area contributed by atoms with Gasteiger partial charge in [-0.3, -0.25) is 0 Å². The average Bonchev–Trinajstić information content (AvgIpc) is 2.50. The van der Waals surface area contributed by atoms with Crippen LogP contribution >= 0.6 is 0 Å². The molecule has 0 saturated carbocycles. The molecule has 0 radical (unpaired) electrons. The van der Waals surface area contributed by atoms with Crippen LogP contribution in [0.5, 0.6) is 11.6 Å². The predicted molar refractivity (Wildman–Crippen MR) is 76.8 cm³/mol. The van der Waals surface area contributed by atoms with E-state index in [9.17, 15) is 0 Å². The van der Waals surface area contributed by atoms with Gasteiger partial charge >= 0.3 is 0 Å². The highest BCUT2D eigenvalue weighted by Crippen LogP contribution is 2.26. The summed E-state index contributed by atoms with van der Waals surface area (Å²) >= 11 is 0. The second kappa shape index (κ2) is 5.67. The van der Waals surface area contributed by atoms with E-state index in [1.165, 1.54) is 0 Å². The molecule has 0 unspecified atom stereocenters. The first-order chi connectivity index (χ1) is 9.86. The molecular weight excluding hydrogens is 252 g/mol. The van der Waals surface area contributed by atoms with Crippen molar-refractivity contribution < 1.29 is 9.84 Å². The van der Waals surface area contributed by atoms with Gasteiger partial charge in [0.25, 0.3) is 0 Å². The highest BCUT2D eigenvalue weighted by Gasteiger charge is 2.05. The molecule has 0 bridgehead atoms. The Morgan fingerprint density at radius 2 is 1.80 bits per heavy atom. The Bertz CT molecular complexity index is 706. The molecule has 0 aliphatic carbocycles. The van der Waals surface area contributed by atoms with E-state index < -0.39 is 0 Å². The van der Waals surface area contributed by atoms with Crippen LogP contribution in [0.15, 0.2) is 54.7 Å². The number of fused-ring (bicyclic) bond motifs is 1. The van der Waals surface area contributed by atoms with Crippen molar-refractivity contribution in [3.63, 3.8) is 0 Å². The van der Waals surface area contributed by atoms with E-state index in [2.05, 4.69) is 10.2 Å². The lowest BCUT2D eigenvalue weighted by Gasteiger charge is -2.07. The van der Waals surface area contributed by atoms with E-state index in [4.69, 9.17) is 9.84 Å². The molecule has 100 valence electrons. The third kappa shape index (κ3) is 2.60. The van der Waals surface area contributed by atoms with Crippen LogP contribution in [-0.4, -0.2) is 21.9 Å². The molecule has 0 aliphatic rings. The van der Waals surface area contributed by atoms with E-state index in [1.807, 2.05) is 48.5 Å². The largest absolute Gasteiger partial charge is 0.437 e. The first kappa shape index (κ1) is 12.6. The summed E-state index contributed by atoms with van der Waals surface area (Å²) in [5, 5.41) is 18.8. The molecule has 1 N–H and O–H groups in total. The SMILES string of the molecule is OCCc1ccc(Oc2nncc3ccccc23)cc1. The van der Waals surface area contributed by atoms with Gasteiger partial charge in [0, 0.05) is 17.4 Å². The minimum atomic E-state index is 0.148. The number of nitrogens with zero attached hydrogens (tertiary/aromatic N) is 2. The van der Waals surface area contributed by atoms with E-state index in [1.54, 1.807) is 6.20 Å². The molecule has 4 heteroatoms. The highest BCUT2D eigenvalue weighted by molar-refractivity contribution is 5.85. The molecule has 0 fully saturated rings. The molecule has 20 heavy (non-hydrogen) atoms. The summed E-state index contributed by atoms with van der Waals surface area (Å²) in [5.74, 6) is 1.20. The Hall–Kier alpha value is -2.46. The van der Waals surface area contributed by atoms with Crippen LogP contribution in [0.1, 0.15) is 5.56 Å². The molecule has 3 aromatic rings. The van der Waals surface area contributed by atoms with E-state index in [0.717, 1.165) is 16.3 Å². The molecule has 4 nitrogen and oxygen atoms in total. The van der Waals surface area contributed by atoms with Crippen molar-refractivity contribution >= 4 is 10.8 Å². The Morgan fingerprint density at radius 3 is 2.60 bits per heavy atom. The Kier molecular flexibility index (Phi) is 3.56. The Labute approximate surface area is 116 Å². The zero-order valence-corrected chi connectivity index (χ0v) is 10.9. The van der Waals surface area contributed by atoms with Crippen LogP contribution in [0.2, 0.25) is 0 Å². The standard InChI is InChI=1S/C16H14N2O2/c19-10-9-12-5-7-14(8-6-12)20-16-15-4-2-1-3-13(15)11-17-18-16/h1-8,11,19H,9-10H2. The molecule has 0 amide bonds. The molecule has 1 heterocycles. The summed E-state index contributed by atoms with van der Waals surface area (Å²) in [6, 6.07) is 15.4. The van der Waals surface area contributed by atoms with Crippen LogP contribution in [0.3, 0.4) is 0 Å². The van der Waals surface area contributed by atoms with Crippen LogP contribution in [-0.2, 0) is 6.42 Å². The molecular formula is C16H14N2O2. The van der Waals surface area contributed by atoms with Crippen molar-refractivity contribution in [2.75, 3.05) is 6.61 Å². The predicted octanol–water partition coefficient (Wildman–Crippen LogP) is 2.96. The summed E-state index contributed by atoms with van der Waals surface area (Å²) < 4.78 is 5.79. The van der Waals surface area contributed by atoms with Gasteiger partial charge in [-0.2, -0.15) is 5.10 Å². The minimum absolute atomic E-state index is 0.148. The van der Waals surface area contributed by atoms with Crippen molar-refractivity contribution in [3.05, 3.63) is 60.3 Å². The molecule has 0 atom stereocenters. The molecule has 0 aliphatic heterocycles. The number of aromatic nitrogens is 2. The first-order valence-corrected chi connectivity index (χ1v) is 6.45. The first-order valence-electron chi connectivity index (χ1n) is 6.45. The van der Waals surface area contributed by atoms with Crippen LogP contribution in [0, 0.1) is 0 Å². The molecule has 3 rings (SSSR count). The van der Waals surface area contributed by atoms with Gasteiger partial charge in [0.1, 0.15) is 5.75 Å². The maximum absolute atomic E-state index is 8.89. The Morgan fingerprint density at radius 1 is 1.00 bits per heavy atom. The van der Waals surface area contributed by atoms with Crippen LogP contribution in [0.25, 0.3) is 10.8 Å². The van der Waals surface area contributed by atoms with Gasteiger partial charge in [-0.1, -0.05) is 30.3 Å². The third-order valence-corrected chi connectivity index (χ3v) is 3.07. The van der Waals surface area contributed by atoms with Crippen molar-refractivity contribution in [2.24, 2.45) is 0 Å². The lowest BCUT2D eigenvalue weighted by Crippen LogP contribution is -1.93. The number of ether oxygens (including phenoxy) is 1. The Balaban J connectivity index is 1.89. The van der Waals surface area contributed by atoms with Crippen molar-refractivity contribution in [1.29, 1.82) is 0 Å². The lowest BCUT2D eigenvalue weighted by atomic mass is 10.1. The van der Waals surface area contributed by atoms with Gasteiger partial charge in [0.2, 0.25) is 5.88 Å². The quantitative estimate of drug-likeness (QED) is 0.788. The summed E-state index contributed by atoms with van der Waals surface area (Å²) in [5.41, 5.74) is 1.07. The topological polar surface area (TPSA) is 55.2 Å². The fraction of sp³-hybridized carbons (Fsp3) is 0.125. The number of aliphatic hydroxyl groups is 1. The summed E-state index contributed by atoms with van der Waals surface area (Å²) in [6.07, 6.45) is 2.36. The van der Waals surface area contributed by atoms with Gasteiger partial charge in [-0.05, 0) is 30.2 Å². The summed E-state index contributed by atoms with van der Waals surface area (Å²) in [4.78, 5) is 0.